The van der Waals surface area contributed by atoms with Crippen LogP contribution < -0.4 is 9.64 Å². The molecule has 204 valence electrons. The minimum Gasteiger partial charge on any atom is -0.497 e. The molecule has 8 heteroatoms. The van der Waals surface area contributed by atoms with Crippen LogP contribution in [0.3, 0.4) is 0 Å². The minimum atomic E-state index is -0.822. The number of benzene rings is 3. The van der Waals surface area contributed by atoms with E-state index in [1.54, 1.807) is 59.7 Å². The van der Waals surface area contributed by atoms with Crippen LogP contribution in [-0.4, -0.2) is 46.8 Å². The molecule has 2 aliphatic rings. The average molecular weight is 554 g/mol. The quantitative estimate of drug-likeness (QED) is 0.259. The number of anilines is 1. The number of methoxy groups -OCH3 is 1. The molecule has 7 nitrogen and oxygen atoms in total. The first kappa shape index (κ1) is 26.2. The smallest absolute Gasteiger partial charge is 0.257 e. The molecule has 1 atom stereocenters. The SMILES string of the molecule is COc1ccc(C(=O)N(C2CCCCC2)C2CC(=O)N(c3ccc(-c4nc5ccc(C)cc5s4)cc3)C2=O)cc1. The van der Waals surface area contributed by atoms with Gasteiger partial charge in [-0.25, -0.2) is 9.88 Å². The summed E-state index contributed by atoms with van der Waals surface area (Å²) in [5, 5.41) is 0.887. The molecule has 6 rings (SSSR count). The van der Waals surface area contributed by atoms with E-state index < -0.39 is 6.04 Å². The molecular weight excluding hydrogens is 522 g/mol. The fraction of sp³-hybridized carbons (Fsp3) is 0.312. The third-order valence-corrected chi connectivity index (χ3v) is 8.98. The zero-order valence-electron chi connectivity index (χ0n) is 22.6. The Balaban J connectivity index is 1.27. The zero-order valence-corrected chi connectivity index (χ0v) is 23.4. The lowest BCUT2D eigenvalue weighted by molar-refractivity contribution is -0.123. The molecule has 2 heterocycles. The van der Waals surface area contributed by atoms with Crippen LogP contribution in [0.2, 0.25) is 0 Å². The Bertz CT molecular complexity index is 1570. The van der Waals surface area contributed by atoms with Gasteiger partial charge < -0.3 is 9.64 Å². The summed E-state index contributed by atoms with van der Waals surface area (Å²) in [7, 11) is 1.58. The standard InChI is InChI=1S/C32H31N3O4S/c1-20-8-17-26-28(18-20)40-30(33-26)21-9-13-24(14-10-21)35-29(36)19-27(32(35)38)34(23-6-4-3-5-7-23)31(37)22-11-15-25(39-2)16-12-22/h8-18,23,27H,3-7,19H2,1-2H3. The molecule has 1 saturated carbocycles. The Kier molecular flexibility index (Phi) is 7.11. The Morgan fingerprint density at radius 1 is 0.975 bits per heavy atom. The average Bonchev–Trinajstić information content (AvgIpc) is 3.53. The van der Waals surface area contributed by atoms with E-state index in [2.05, 4.69) is 13.0 Å². The van der Waals surface area contributed by atoms with Gasteiger partial charge in [0.2, 0.25) is 5.91 Å². The van der Waals surface area contributed by atoms with Crippen molar-refractivity contribution in [3.8, 4) is 16.3 Å². The first-order chi connectivity index (χ1) is 19.4. The first-order valence-corrected chi connectivity index (χ1v) is 14.6. The van der Waals surface area contributed by atoms with E-state index in [1.165, 1.54) is 10.5 Å². The number of carbonyl (C=O) groups is 3. The first-order valence-electron chi connectivity index (χ1n) is 13.7. The normalized spacial score (nSPS) is 17.9. The topological polar surface area (TPSA) is 79.8 Å². The van der Waals surface area contributed by atoms with E-state index in [-0.39, 0.29) is 30.2 Å². The van der Waals surface area contributed by atoms with Crippen LogP contribution in [-0.2, 0) is 9.59 Å². The van der Waals surface area contributed by atoms with E-state index in [9.17, 15) is 14.4 Å². The molecule has 0 N–H and O–H groups in total. The molecule has 3 amide bonds. The zero-order chi connectivity index (χ0) is 27.8. The van der Waals surface area contributed by atoms with Gasteiger partial charge in [-0.3, -0.25) is 14.4 Å². The fourth-order valence-corrected chi connectivity index (χ4v) is 6.89. The number of imide groups is 1. The number of amides is 3. The van der Waals surface area contributed by atoms with Gasteiger partial charge in [0.05, 0.1) is 29.4 Å². The van der Waals surface area contributed by atoms with Gasteiger partial charge in [0.25, 0.3) is 11.8 Å². The van der Waals surface area contributed by atoms with Gasteiger partial charge in [-0.1, -0.05) is 25.3 Å². The second-order valence-electron chi connectivity index (χ2n) is 10.6. The summed E-state index contributed by atoms with van der Waals surface area (Å²) in [6.07, 6.45) is 4.76. The lowest BCUT2D eigenvalue weighted by Crippen LogP contribution is -2.51. The Labute approximate surface area is 237 Å². The molecular formula is C32H31N3O4S. The predicted octanol–water partition coefficient (Wildman–Crippen LogP) is 6.39. The summed E-state index contributed by atoms with van der Waals surface area (Å²) in [6.45, 7) is 2.06. The highest BCUT2D eigenvalue weighted by Gasteiger charge is 2.46. The molecule has 2 fully saturated rings. The molecule has 3 aromatic carbocycles. The number of ether oxygens (including phenoxy) is 1. The van der Waals surface area contributed by atoms with Gasteiger partial charge in [0.15, 0.2) is 0 Å². The molecule has 1 aliphatic heterocycles. The van der Waals surface area contributed by atoms with Crippen LogP contribution in [0.4, 0.5) is 5.69 Å². The van der Waals surface area contributed by atoms with Gasteiger partial charge >= 0.3 is 0 Å². The number of rotatable bonds is 6. The predicted molar refractivity (Wildman–Crippen MR) is 157 cm³/mol. The maximum atomic E-state index is 13.8. The summed E-state index contributed by atoms with van der Waals surface area (Å²) in [4.78, 5) is 48.6. The van der Waals surface area contributed by atoms with E-state index in [0.717, 1.165) is 52.9 Å². The van der Waals surface area contributed by atoms with Crippen molar-refractivity contribution in [3.63, 3.8) is 0 Å². The highest BCUT2D eigenvalue weighted by molar-refractivity contribution is 7.21. The van der Waals surface area contributed by atoms with Crippen molar-refractivity contribution in [2.75, 3.05) is 12.0 Å². The molecule has 1 saturated heterocycles. The van der Waals surface area contributed by atoms with E-state index in [4.69, 9.17) is 9.72 Å². The van der Waals surface area contributed by atoms with Crippen molar-refractivity contribution in [1.29, 1.82) is 0 Å². The highest BCUT2D eigenvalue weighted by Crippen LogP contribution is 2.35. The van der Waals surface area contributed by atoms with Gasteiger partial charge in [-0.2, -0.15) is 0 Å². The lowest BCUT2D eigenvalue weighted by Gasteiger charge is -2.37. The Morgan fingerprint density at radius 3 is 2.40 bits per heavy atom. The molecule has 1 aliphatic carbocycles. The largest absolute Gasteiger partial charge is 0.497 e. The summed E-state index contributed by atoms with van der Waals surface area (Å²) in [5.41, 5.74) is 4.06. The number of hydrogen-bond donors (Lipinski definition) is 0. The van der Waals surface area contributed by atoms with Gasteiger partial charge in [0, 0.05) is 17.2 Å². The van der Waals surface area contributed by atoms with Gasteiger partial charge in [0.1, 0.15) is 16.8 Å². The van der Waals surface area contributed by atoms with Crippen molar-refractivity contribution in [1.82, 2.24) is 9.88 Å². The highest BCUT2D eigenvalue weighted by atomic mass is 32.1. The summed E-state index contributed by atoms with van der Waals surface area (Å²) in [6, 6.07) is 19.6. The minimum absolute atomic E-state index is 0.0177. The van der Waals surface area contributed by atoms with Crippen LogP contribution in [0.15, 0.2) is 66.7 Å². The second-order valence-corrected chi connectivity index (χ2v) is 11.6. The maximum absolute atomic E-state index is 13.8. The summed E-state index contributed by atoms with van der Waals surface area (Å²) < 4.78 is 6.36. The van der Waals surface area contributed by atoms with Crippen LogP contribution in [0, 0.1) is 6.92 Å². The van der Waals surface area contributed by atoms with E-state index >= 15 is 0 Å². The monoisotopic (exact) mass is 553 g/mol. The number of thiazole rings is 1. The van der Waals surface area contributed by atoms with Crippen molar-refractivity contribution >= 4 is 45.0 Å². The Hall–Kier alpha value is -4.04. The van der Waals surface area contributed by atoms with E-state index in [0.29, 0.717) is 17.0 Å². The van der Waals surface area contributed by atoms with Crippen molar-refractivity contribution in [3.05, 3.63) is 77.9 Å². The molecule has 40 heavy (non-hydrogen) atoms. The van der Waals surface area contributed by atoms with Crippen LogP contribution >= 0.6 is 11.3 Å². The van der Waals surface area contributed by atoms with Crippen LogP contribution in [0.25, 0.3) is 20.8 Å². The third-order valence-electron chi connectivity index (χ3n) is 7.91. The number of carbonyl (C=O) groups excluding carboxylic acids is 3. The van der Waals surface area contributed by atoms with Crippen LogP contribution in [0.1, 0.15) is 54.4 Å². The number of aromatic nitrogens is 1. The van der Waals surface area contributed by atoms with Gasteiger partial charge in [-0.15, -0.1) is 11.3 Å². The van der Waals surface area contributed by atoms with Crippen molar-refractivity contribution in [2.24, 2.45) is 0 Å². The summed E-state index contributed by atoms with van der Waals surface area (Å²) in [5.74, 6) is -0.199. The molecule has 0 bridgehead atoms. The van der Waals surface area contributed by atoms with Crippen molar-refractivity contribution < 1.29 is 19.1 Å². The number of aryl methyl sites for hydroxylation is 1. The molecule has 4 aromatic rings. The Morgan fingerprint density at radius 2 is 1.70 bits per heavy atom. The number of nitrogens with zero attached hydrogens (tertiary/aromatic N) is 3. The molecule has 0 spiro atoms. The maximum Gasteiger partial charge on any atom is 0.257 e. The summed E-state index contributed by atoms with van der Waals surface area (Å²) >= 11 is 1.62. The van der Waals surface area contributed by atoms with Crippen molar-refractivity contribution in [2.45, 2.75) is 57.5 Å². The van der Waals surface area contributed by atoms with Gasteiger partial charge in [-0.05, 0) is 86.0 Å². The molecule has 0 radical (unpaired) electrons. The van der Waals surface area contributed by atoms with E-state index in [1.807, 2.05) is 24.3 Å². The third kappa shape index (κ3) is 4.88. The second kappa shape index (κ2) is 10.8. The lowest BCUT2D eigenvalue weighted by atomic mass is 9.92. The molecule has 1 unspecified atom stereocenters. The number of hydrogen-bond acceptors (Lipinski definition) is 6. The van der Waals surface area contributed by atoms with Crippen LogP contribution in [0.5, 0.6) is 5.75 Å². The molecule has 1 aromatic heterocycles. The number of fused-ring (bicyclic) bond motifs is 1. The fourth-order valence-electron chi connectivity index (χ4n) is 5.82.